The number of carbonyl (C=O) groups excluding carboxylic acids is 1. The van der Waals surface area contributed by atoms with Gasteiger partial charge in [0.1, 0.15) is 18.2 Å². The Balaban J connectivity index is 1.50. The fourth-order valence-electron chi connectivity index (χ4n) is 3.19. The van der Waals surface area contributed by atoms with Crippen LogP contribution in [0.2, 0.25) is 0 Å². The molecule has 0 saturated carbocycles. The summed E-state index contributed by atoms with van der Waals surface area (Å²) >= 11 is 0. The summed E-state index contributed by atoms with van der Waals surface area (Å²) in [6.07, 6.45) is -4.55. The summed E-state index contributed by atoms with van der Waals surface area (Å²) in [4.78, 5) is 13.7. The van der Waals surface area contributed by atoms with Crippen LogP contribution in [0.5, 0.6) is 5.75 Å². The van der Waals surface area contributed by atoms with Crippen molar-refractivity contribution in [3.8, 4) is 5.75 Å². The minimum absolute atomic E-state index is 0.0111. The van der Waals surface area contributed by atoms with Crippen LogP contribution in [0.4, 0.5) is 22.4 Å². The Labute approximate surface area is 189 Å². The largest absolute Gasteiger partial charge is 0.491 e. The number of benzene rings is 2. The Bertz CT molecular complexity index is 1050. The van der Waals surface area contributed by atoms with E-state index in [0.29, 0.717) is 5.75 Å². The van der Waals surface area contributed by atoms with E-state index in [4.69, 9.17) is 4.74 Å². The zero-order valence-electron chi connectivity index (χ0n) is 17.7. The highest BCUT2D eigenvalue weighted by molar-refractivity contribution is 7.89. The van der Waals surface area contributed by atoms with Gasteiger partial charge in [-0.1, -0.05) is 0 Å². The van der Waals surface area contributed by atoms with Crippen molar-refractivity contribution < 1.29 is 35.5 Å². The molecule has 1 atom stereocenters. The van der Waals surface area contributed by atoms with Gasteiger partial charge in [0.25, 0.3) is 0 Å². The maximum absolute atomic E-state index is 12.9. The molecule has 0 aromatic heterocycles. The number of ether oxygens (including phenoxy) is 1. The second kappa shape index (κ2) is 9.96. The molecule has 2 amide bonds. The number of alkyl halides is 3. The van der Waals surface area contributed by atoms with Crippen molar-refractivity contribution in [3.63, 3.8) is 0 Å². The van der Waals surface area contributed by atoms with Crippen molar-refractivity contribution in [2.45, 2.75) is 24.0 Å². The second-order valence-electron chi connectivity index (χ2n) is 7.53. The minimum Gasteiger partial charge on any atom is -0.491 e. The van der Waals surface area contributed by atoms with Crippen molar-refractivity contribution in [1.82, 2.24) is 14.5 Å². The fourth-order valence-corrected chi connectivity index (χ4v) is 4.61. The summed E-state index contributed by atoms with van der Waals surface area (Å²) in [5.74, 6) is 0.0720. The third kappa shape index (κ3) is 6.35. The number of rotatable bonds is 6. The number of nitrogens with zero attached hydrogens (tertiary/aromatic N) is 2. The highest BCUT2D eigenvalue weighted by Gasteiger charge is 2.33. The lowest BCUT2D eigenvalue weighted by Gasteiger charge is -2.34. The topological polar surface area (TPSA) is 79.0 Å². The van der Waals surface area contributed by atoms with Crippen molar-refractivity contribution >= 4 is 16.1 Å². The van der Waals surface area contributed by atoms with E-state index in [1.165, 1.54) is 29.2 Å². The van der Waals surface area contributed by atoms with Gasteiger partial charge in [-0.2, -0.15) is 17.5 Å². The van der Waals surface area contributed by atoms with Crippen LogP contribution >= 0.6 is 0 Å². The fraction of sp³-hybridized carbons (Fsp3) is 0.381. The lowest BCUT2D eigenvalue weighted by molar-refractivity contribution is -0.137. The molecule has 2 aromatic rings. The monoisotopic (exact) mass is 489 g/mol. The molecule has 1 saturated heterocycles. The Morgan fingerprint density at radius 2 is 1.61 bits per heavy atom. The average molecular weight is 489 g/mol. The van der Waals surface area contributed by atoms with Crippen molar-refractivity contribution in [1.29, 1.82) is 0 Å². The molecule has 1 heterocycles. The highest BCUT2D eigenvalue weighted by Crippen LogP contribution is 2.30. The third-order valence-electron chi connectivity index (χ3n) is 5.03. The number of amides is 2. The van der Waals surface area contributed by atoms with Crippen molar-refractivity contribution in [2.75, 3.05) is 32.8 Å². The molecule has 0 radical (unpaired) electrons. The van der Waals surface area contributed by atoms with Crippen molar-refractivity contribution in [2.24, 2.45) is 0 Å². The second-order valence-corrected chi connectivity index (χ2v) is 9.47. The molecule has 0 bridgehead atoms. The number of nitrogens with one attached hydrogen (secondary N) is 1. The number of hydrogen-bond acceptors (Lipinski definition) is 4. The van der Waals surface area contributed by atoms with E-state index >= 15 is 0 Å². The van der Waals surface area contributed by atoms with Crippen molar-refractivity contribution in [3.05, 3.63) is 59.9 Å². The number of urea groups is 1. The summed E-state index contributed by atoms with van der Waals surface area (Å²) in [5.41, 5.74) is -0.930. The SMILES string of the molecule is CC(COc1ccc(F)cc1)NC(=O)N1CCN(S(=O)(=O)c2ccc(C(F)(F)F)cc2)CC1. The van der Waals surface area contributed by atoms with E-state index in [9.17, 15) is 30.8 Å². The molecule has 1 unspecified atom stereocenters. The molecule has 1 aliphatic rings. The first-order valence-electron chi connectivity index (χ1n) is 10.1. The molecule has 12 heteroatoms. The maximum Gasteiger partial charge on any atom is 0.416 e. The number of carbonyl (C=O) groups is 1. The Morgan fingerprint density at radius 3 is 2.15 bits per heavy atom. The van der Waals surface area contributed by atoms with Crippen LogP contribution in [-0.2, 0) is 16.2 Å². The van der Waals surface area contributed by atoms with Crippen LogP contribution < -0.4 is 10.1 Å². The average Bonchev–Trinajstić information content (AvgIpc) is 2.78. The molecule has 1 N–H and O–H groups in total. The van der Waals surface area contributed by atoms with E-state index < -0.39 is 27.8 Å². The van der Waals surface area contributed by atoms with Gasteiger partial charge < -0.3 is 15.0 Å². The lowest BCUT2D eigenvalue weighted by Crippen LogP contribution is -2.54. The number of halogens is 4. The molecular formula is C21H23F4N3O4S. The Morgan fingerprint density at radius 1 is 1.03 bits per heavy atom. The summed E-state index contributed by atoms with van der Waals surface area (Å²) in [7, 11) is -3.98. The molecule has 0 spiro atoms. The molecular weight excluding hydrogens is 466 g/mol. The normalized spacial score (nSPS) is 16.3. The zero-order chi connectivity index (χ0) is 24.2. The summed E-state index contributed by atoms with van der Waals surface area (Å²) in [6.45, 7) is 2.15. The summed E-state index contributed by atoms with van der Waals surface area (Å²) in [6, 6.07) is 8.03. The highest BCUT2D eigenvalue weighted by atomic mass is 32.2. The van der Waals surface area contributed by atoms with Gasteiger partial charge in [0.05, 0.1) is 16.5 Å². The van der Waals surface area contributed by atoms with Crippen LogP contribution in [0.15, 0.2) is 53.4 Å². The molecule has 3 rings (SSSR count). The van der Waals surface area contributed by atoms with Crippen LogP contribution in [0.25, 0.3) is 0 Å². The Kier molecular flexibility index (Phi) is 7.48. The smallest absolute Gasteiger partial charge is 0.416 e. The quantitative estimate of drug-likeness (QED) is 0.632. The first-order valence-corrected chi connectivity index (χ1v) is 11.5. The van der Waals surface area contributed by atoms with E-state index in [-0.39, 0.29) is 49.5 Å². The van der Waals surface area contributed by atoms with Crippen LogP contribution in [-0.4, -0.2) is 62.5 Å². The van der Waals surface area contributed by atoms with Gasteiger partial charge in [-0.3, -0.25) is 0 Å². The minimum atomic E-state index is -4.55. The van der Waals surface area contributed by atoms with Crippen LogP contribution in [0.1, 0.15) is 12.5 Å². The van der Waals surface area contributed by atoms with Gasteiger partial charge in [0.2, 0.25) is 10.0 Å². The molecule has 0 aliphatic carbocycles. The molecule has 2 aromatic carbocycles. The number of sulfonamides is 1. The summed E-state index contributed by atoms with van der Waals surface area (Å²) in [5, 5.41) is 2.75. The van der Waals surface area contributed by atoms with Gasteiger partial charge in [-0.25, -0.2) is 17.6 Å². The Hall–Kier alpha value is -2.86. The molecule has 33 heavy (non-hydrogen) atoms. The van der Waals surface area contributed by atoms with E-state index in [2.05, 4.69) is 5.32 Å². The maximum atomic E-state index is 12.9. The number of hydrogen-bond donors (Lipinski definition) is 1. The van der Waals surface area contributed by atoms with Gasteiger partial charge in [0, 0.05) is 26.2 Å². The first-order chi connectivity index (χ1) is 15.5. The van der Waals surface area contributed by atoms with E-state index in [1.807, 2.05) is 0 Å². The van der Waals surface area contributed by atoms with E-state index in [0.717, 1.165) is 28.6 Å². The van der Waals surface area contributed by atoms with Gasteiger partial charge in [-0.15, -0.1) is 0 Å². The standard InChI is InChI=1S/C21H23F4N3O4S/c1-15(14-32-18-6-4-17(22)5-7-18)26-20(29)27-10-12-28(13-11-27)33(30,31)19-8-2-16(3-9-19)21(23,24)25/h2-9,15H,10-14H2,1H3,(H,26,29). The van der Waals surface area contributed by atoms with Crippen LogP contribution in [0.3, 0.4) is 0 Å². The third-order valence-corrected chi connectivity index (χ3v) is 6.94. The van der Waals surface area contributed by atoms with Gasteiger partial charge >= 0.3 is 12.2 Å². The molecule has 1 aliphatic heterocycles. The zero-order valence-corrected chi connectivity index (χ0v) is 18.5. The predicted molar refractivity (Wildman–Crippen MR) is 112 cm³/mol. The predicted octanol–water partition coefficient (Wildman–Crippen LogP) is 3.33. The molecule has 180 valence electrons. The van der Waals surface area contributed by atoms with Gasteiger partial charge in [-0.05, 0) is 55.5 Å². The van der Waals surface area contributed by atoms with Gasteiger partial charge in [0.15, 0.2) is 0 Å². The number of piperazine rings is 1. The summed E-state index contributed by atoms with van der Waals surface area (Å²) < 4.78 is 83.1. The molecule has 7 nitrogen and oxygen atoms in total. The first kappa shape index (κ1) is 24.8. The molecule has 1 fully saturated rings. The van der Waals surface area contributed by atoms with Crippen LogP contribution in [0, 0.1) is 5.82 Å². The van der Waals surface area contributed by atoms with E-state index in [1.54, 1.807) is 6.92 Å². The lowest BCUT2D eigenvalue weighted by atomic mass is 10.2.